The number of carbonyl (C=O) groups excluding carboxylic acids is 1. The molecule has 2 unspecified atom stereocenters. The minimum Gasteiger partial charge on any atom is -0.496 e. The average molecular weight is 290 g/mol. The van der Waals surface area contributed by atoms with Gasteiger partial charge in [0.05, 0.1) is 7.11 Å². The number of carboxylic acids is 1. The Labute approximate surface area is 125 Å². The van der Waals surface area contributed by atoms with Crippen molar-refractivity contribution in [2.75, 3.05) is 7.11 Å². The topological polar surface area (TPSA) is 63.6 Å². The molecule has 1 N–H and O–H groups in total. The molecule has 1 aliphatic carbocycles. The second-order valence-electron chi connectivity index (χ2n) is 5.76. The van der Waals surface area contributed by atoms with Gasteiger partial charge in [-0.2, -0.15) is 0 Å². The lowest BCUT2D eigenvalue weighted by Crippen LogP contribution is -2.28. The molecule has 0 amide bonds. The predicted octanol–water partition coefficient (Wildman–Crippen LogP) is 3.33. The highest BCUT2D eigenvalue weighted by Gasteiger charge is 2.32. The summed E-state index contributed by atoms with van der Waals surface area (Å²) in [4.78, 5) is 23.2. The Balaban J connectivity index is 2.08. The molecule has 0 bridgehead atoms. The van der Waals surface area contributed by atoms with Crippen LogP contribution in [0.1, 0.15) is 48.5 Å². The summed E-state index contributed by atoms with van der Waals surface area (Å²) in [7, 11) is 1.63. The number of fused-ring (bicyclic) bond motifs is 1. The van der Waals surface area contributed by atoms with Gasteiger partial charge >= 0.3 is 5.97 Å². The summed E-state index contributed by atoms with van der Waals surface area (Å²) in [6, 6.07) is 5.62. The Morgan fingerprint density at radius 2 is 2.24 bits per heavy atom. The number of aliphatic carboxylic acids is 1. The summed E-state index contributed by atoms with van der Waals surface area (Å²) in [5.41, 5.74) is 1.79. The Hall–Kier alpha value is -1.84. The molecule has 0 radical (unpaired) electrons. The van der Waals surface area contributed by atoms with E-state index in [1.54, 1.807) is 7.11 Å². The van der Waals surface area contributed by atoms with Gasteiger partial charge in [-0.25, -0.2) is 0 Å². The van der Waals surface area contributed by atoms with Crippen LogP contribution in [0.4, 0.5) is 0 Å². The standard InChI is InChI=1S/C17H22O4/c1-11(5-3-8-16(18)19)12-9-10-13-14(17(12)20)6-4-7-15(13)21-2/h4,6-7,11-12H,3,5,8-10H2,1-2H3,(H,18,19). The summed E-state index contributed by atoms with van der Waals surface area (Å²) < 4.78 is 5.33. The van der Waals surface area contributed by atoms with Gasteiger partial charge in [0.25, 0.3) is 0 Å². The normalized spacial score (nSPS) is 19.0. The Kier molecular flexibility index (Phi) is 4.99. The second-order valence-corrected chi connectivity index (χ2v) is 5.76. The van der Waals surface area contributed by atoms with Crippen molar-refractivity contribution in [2.45, 2.75) is 39.0 Å². The molecule has 4 nitrogen and oxygen atoms in total. The van der Waals surface area contributed by atoms with E-state index < -0.39 is 5.97 Å². The van der Waals surface area contributed by atoms with Crippen LogP contribution in [0, 0.1) is 11.8 Å². The van der Waals surface area contributed by atoms with Crippen molar-refractivity contribution in [3.05, 3.63) is 29.3 Å². The molecule has 4 heteroatoms. The molecule has 114 valence electrons. The minimum atomic E-state index is -0.771. The van der Waals surface area contributed by atoms with E-state index in [0.717, 1.165) is 36.1 Å². The van der Waals surface area contributed by atoms with Gasteiger partial charge in [-0.1, -0.05) is 19.1 Å². The van der Waals surface area contributed by atoms with Gasteiger partial charge in [-0.05, 0) is 37.7 Å². The van der Waals surface area contributed by atoms with Crippen molar-refractivity contribution in [3.8, 4) is 5.75 Å². The first kappa shape index (κ1) is 15.5. The SMILES string of the molecule is COc1cccc2c1CCC(C(C)CCCC(=O)O)C2=O. The monoisotopic (exact) mass is 290 g/mol. The lowest BCUT2D eigenvalue weighted by atomic mass is 9.75. The van der Waals surface area contributed by atoms with Crippen LogP contribution in [0.25, 0.3) is 0 Å². The number of benzene rings is 1. The first-order chi connectivity index (χ1) is 10.0. The summed E-state index contributed by atoms with van der Waals surface area (Å²) in [6.45, 7) is 2.05. The fourth-order valence-electron chi connectivity index (χ4n) is 3.20. The highest BCUT2D eigenvalue weighted by atomic mass is 16.5. The molecule has 1 aromatic rings. The molecule has 2 rings (SSSR count). The Morgan fingerprint density at radius 1 is 1.48 bits per heavy atom. The van der Waals surface area contributed by atoms with E-state index in [1.165, 1.54) is 0 Å². The third kappa shape index (κ3) is 3.43. The predicted molar refractivity (Wildman–Crippen MR) is 79.8 cm³/mol. The lowest BCUT2D eigenvalue weighted by Gasteiger charge is -2.29. The fourth-order valence-corrected chi connectivity index (χ4v) is 3.20. The van der Waals surface area contributed by atoms with Gasteiger partial charge in [0, 0.05) is 23.5 Å². The van der Waals surface area contributed by atoms with Crippen molar-refractivity contribution in [3.63, 3.8) is 0 Å². The number of carbonyl (C=O) groups is 2. The molecule has 2 atom stereocenters. The van der Waals surface area contributed by atoms with E-state index in [-0.39, 0.29) is 24.0 Å². The highest BCUT2D eigenvalue weighted by molar-refractivity contribution is 6.01. The third-order valence-corrected chi connectivity index (χ3v) is 4.40. The number of hydrogen-bond acceptors (Lipinski definition) is 3. The maximum absolute atomic E-state index is 12.7. The van der Waals surface area contributed by atoms with Gasteiger partial charge in [0.1, 0.15) is 5.75 Å². The maximum Gasteiger partial charge on any atom is 0.303 e. The van der Waals surface area contributed by atoms with Crippen LogP contribution in [0.3, 0.4) is 0 Å². The van der Waals surface area contributed by atoms with Crippen molar-refractivity contribution >= 4 is 11.8 Å². The zero-order valence-electron chi connectivity index (χ0n) is 12.6. The van der Waals surface area contributed by atoms with Crippen LogP contribution in [0.5, 0.6) is 5.75 Å². The van der Waals surface area contributed by atoms with Crippen molar-refractivity contribution < 1.29 is 19.4 Å². The molecule has 21 heavy (non-hydrogen) atoms. The van der Waals surface area contributed by atoms with Gasteiger partial charge in [0.2, 0.25) is 0 Å². The number of ether oxygens (including phenoxy) is 1. The zero-order chi connectivity index (χ0) is 15.4. The van der Waals surface area contributed by atoms with Crippen LogP contribution < -0.4 is 4.74 Å². The molecule has 0 heterocycles. The number of ketones is 1. The summed E-state index contributed by atoms with van der Waals surface area (Å²) in [5.74, 6) is 0.414. The van der Waals surface area contributed by atoms with Gasteiger partial charge < -0.3 is 9.84 Å². The number of methoxy groups -OCH3 is 1. The molecule has 0 saturated heterocycles. The van der Waals surface area contributed by atoms with E-state index in [1.807, 2.05) is 18.2 Å². The zero-order valence-corrected chi connectivity index (χ0v) is 12.6. The van der Waals surface area contributed by atoms with E-state index in [0.29, 0.717) is 6.42 Å². The largest absolute Gasteiger partial charge is 0.496 e. The smallest absolute Gasteiger partial charge is 0.303 e. The van der Waals surface area contributed by atoms with Crippen LogP contribution in [-0.4, -0.2) is 24.0 Å². The Morgan fingerprint density at radius 3 is 2.90 bits per heavy atom. The molecular weight excluding hydrogens is 268 g/mol. The quantitative estimate of drug-likeness (QED) is 0.872. The van der Waals surface area contributed by atoms with Gasteiger partial charge in [0.15, 0.2) is 5.78 Å². The minimum absolute atomic E-state index is 0.00148. The summed E-state index contributed by atoms with van der Waals surface area (Å²) in [5, 5.41) is 8.70. The van der Waals surface area contributed by atoms with Crippen molar-refractivity contribution in [1.82, 2.24) is 0 Å². The van der Waals surface area contributed by atoms with Gasteiger partial charge in [-0.15, -0.1) is 0 Å². The van der Waals surface area contributed by atoms with E-state index in [4.69, 9.17) is 9.84 Å². The van der Waals surface area contributed by atoms with Crippen molar-refractivity contribution in [2.24, 2.45) is 11.8 Å². The van der Waals surface area contributed by atoms with Crippen LogP contribution in [0.15, 0.2) is 18.2 Å². The van der Waals surface area contributed by atoms with Crippen LogP contribution in [-0.2, 0) is 11.2 Å². The third-order valence-electron chi connectivity index (χ3n) is 4.40. The average Bonchev–Trinajstić information content (AvgIpc) is 2.46. The van der Waals surface area contributed by atoms with E-state index >= 15 is 0 Å². The maximum atomic E-state index is 12.7. The highest BCUT2D eigenvalue weighted by Crippen LogP contribution is 2.36. The molecule has 0 saturated carbocycles. The molecule has 0 fully saturated rings. The molecule has 0 aromatic heterocycles. The first-order valence-corrected chi connectivity index (χ1v) is 7.46. The number of rotatable bonds is 6. The Bertz CT molecular complexity index is 536. The number of Topliss-reactive ketones (excluding diaryl/α,β-unsaturated/α-hetero) is 1. The van der Waals surface area contributed by atoms with Crippen LogP contribution in [0.2, 0.25) is 0 Å². The van der Waals surface area contributed by atoms with E-state index in [9.17, 15) is 9.59 Å². The fraction of sp³-hybridized carbons (Fsp3) is 0.529. The molecule has 1 aliphatic rings. The molecule has 0 spiro atoms. The van der Waals surface area contributed by atoms with Crippen molar-refractivity contribution in [1.29, 1.82) is 0 Å². The second kappa shape index (κ2) is 6.74. The van der Waals surface area contributed by atoms with Gasteiger partial charge in [-0.3, -0.25) is 9.59 Å². The number of carboxylic acid groups (broad SMARTS) is 1. The first-order valence-electron chi connectivity index (χ1n) is 7.46. The van der Waals surface area contributed by atoms with Crippen LogP contribution >= 0.6 is 0 Å². The summed E-state index contributed by atoms with van der Waals surface area (Å²) in [6.07, 6.45) is 3.25. The number of hydrogen-bond donors (Lipinski definition) is 1. The molecule has 1 aromatic carbocycles. The summed E-state index contributed by atoms with van der Waals surface area (Å²) >= 11 is 0. The lowest BCUT2D eigenvalue weighted by molar-refractivity contribution is -0.137. The molecular formula is C17H22O4. The van der Waals surface area contributed by atoms with E-state index in [2.05, 4.69) is 6.92 Å². The molecule has 0 aliphatic heterocycles.